The van der Waals surface area contributed by atoms with Gasteiger partial charge in [-0.15, -0.1) is 0 Å². The van der Waals surface area contributed by atoms with Gasteiger partial charge in [-0.25, -0.2) is 0 Å². The monoisotopic (exact) mass is 341 g/mol. The van der Waals surface area contributed by atoms with E-state index in [4.69, 9.17) is 9.47 Å². The molecule has 0 radical (unpaired) electrons. The van der Waals surface area contributed by atoms with Crippen molar-refractivity contribution in [3.8, 4) is 11.5 Å². The summed E-state index contributed by atoms with van der Waals surface area (Å²) >= 11 is 3.54. The fourth-order valence-electron chi connectivity index (χ4n) is 1.97. The molecule has 20 heavy (non-hydrogen) atoms. The summed E-state index contributed by atoms with van der Waals surface area (Å²) in [5, 5.41) is 3.21. The Hall–Kier alpha value is -1.00. The van der Waals surface area contributed by atoms with E-state index in [2.05, 4.69) is 47.2 Å². The fraction of sp³-hybridized carbons (Fsp3) is 0.500. The molecule has 0 fully saturated rings. The summed E-state index contributed by atoms with van der Waals surface area (Å²) in [6.07, 6.45) is 2.20. The Morgan fingerprint density at radius 2 is 2.10 bits per heavy atom. The predicted octanol–water partition coefficient (Wildman–Crippen LogP) is 4.12. The van der Waals surface area contributed by atoms with Gasteiger partial charge >= 0.3 is 0 Å². The molecule has 112 valence electrons. The first kappa shape index (κ1) is 17.1. The molecular formula is C16H24BrNO2. The molecule has 4 heteroatoms. The molecule has 0 aliphatic rings. The lowest BCUT2D eigenvalue weighted by atomic mass is 10.00. The third-order valence-electron chi connectivity index (χ3n) is 3.01. The van der Waals surface area contributed by atoms with Crippen molar-refractivity contribution in [1.29, 1.82) is 0 Å². The zero-order valence-electron chi connectivity index (χ0n) is 12.9. The quantitative estimate of drug-likeness (QED) is 0.809. The van der Waals surface area contributed by atoms with Gasteiger partial charge in [0.25, 0.3) is 0 Å². The Morgan fingerprint density at radius 1 is 1.40 bits per heavy atom. The normalized spacial score (nSPS) is 11.8. The van der Waals surface area contributed by atoms with Crippen molar-refractivity contribution in [2.75, 3.05) is 27.3 Å². The van der Waals surface area contributed by atoms with Gasteiger partial charge in [-0.1, -0.05) is 25.5 Å². The van der Waals surface area contributed by atoms with Gasteiger partial charge in [0.2, 0.25) is 0 Å². The van der Waals surface area contributed by atoms with Crippen LogP contribution in [0.15, 0.2) is 22.2 Å². The van der Waals surface area contributed by atoms with Crippen LogP contribution in [0.25, 0.3) is 6.08 Å². The van der Waals surface area contributed by atoms with Crippen molar-refractivity contribution in [3.05, 3.63) is 27.7 Å². The van der Waals surface area contributed by atoms with Crippen LogP contribution in [0.1, 0.15) is 26.3 Å². The molecule has 1 aromatic carbocycles. The molecular weight excluding hydrogens is 318 g/mol. The number of ether oxygens (including phenoxy) is 2. The summed E-state index contributed by atoms with van der Waals surface area (Å²) in [6, 6.07) is 4.07. The summed E-state index contributed by atoms with van der Waals surface area (Å²) in [5.41, 5.74) is 2.46. The van der Waals surface area contributed by atoms with Gasteiger partial charge in [-0.2, -0.15) is 0 Å². The molecule has 0 spiro atoms. The Kier molecular flexibility index (Phi) is 7.10. The maximum absolute atomic E-state index is 5.65. The Balaban J connectivity index is 3.21. The van der Waals surface area contributed by atoms with Crippen LogP contribution in [-0.2, 0) is 0 Å². The third-order valence-corrected chi connectivity index (χ3v) is 3.60. The average Bonchev–Trinajstić information content (AvgIpc) is 2.38. The van der Waals surface area contributed by atoms with Crippen LogP contribution in [-0.4, -0.2) is 27.3 Å². The smallest absolute Gasteiger partial charge is 0.174 e. The fourth-order valence-corrected chi connectivity index (χ4v) is 2.59. The first-order chi connectivity index (χ1) is 9.53. The molecule has 3 nitrogen and oxygen atoms in total. The van der Waals surface area contributed by atoms with Gasteiger partial charge in [0.1, 0.15) is 0 Å². The lowest BCUT2D eigenvalue weighted by Gasteiger charge is -2.14. The SMILES string of the molecule is CCOc1cc(C=C(CNC)C(C)C)cc(Br)c1OC. The van der Waals surface area contributed by atoms with Crippen LogP contribution in [0.2, 0.25) is 0 Å². The van der Waals surface area contributed by atoms with Crippen LogP contribution in [0.3, 0.4) is 0 Å². The summed E-state index contributed by atoms with van der Waals surface area (Å²) in [4.78, 5) is 0. The van der Waals surface area contributed by atoms with Crippen molar-refractivity contribution in [3.63, 3.8) is 0 Å². The van der Waals surface area contributed by atoms with E-state index in [0.29, 0.717) is 12.5 Å². The zero-order valence-corrected chi connectivity index (χ0v) is 14.5. The third kappa shape index (κ3) is 4.53. The number of hydrogen-bond acceptors (Lipinski definition) is 3. The second-order valence-corrected chi connectivity index (χ2v) is 5.73. The number of hydrogen-bond donors (Lipinski definition) is 1. The lowest BCUT2D eigenvalue weighted by Crippen LogP contribution is -2.13. The molecule has 0 aliphatic heterocycles. The second kappa shape index (κ2) is 8.32. The van der Waals surface area contributed by atoms with Crippen molar-refractivity contribution >= 4 is 22.0 Å². The maximum atomic E-state index is 5.65. The van der Waals surface area contributed by atoms with Crippen LogP contribution >= 0.6 is 15.9 Å². The number of likely N-dealkylation sites (N-methyl/N-ethyl adjacent to an activating group) is 1. The largest absolute Gasteiger partial charge is 0.492 e. The lowest BCUT2D eigenvalue weighted by molar-refractivity contribution is 0.310. The molecule has 0 aliphatic carbocycles. The molecule has 0 aromatic heterocycles. The number of benzene rings is 1. The van der Waals surface area contributed by atoms with Crippen molar-refractivity contribution in [2.24, 2.45) is 5.92 Å². The number of rotatable bonds is 7. The summed E-state index contributed by atoms with van der Waals surface area (Å²) in [6.45, 7) is 7.86. The van der Waals surface area contributed by atoms with Crippen LogP contribution in [0.4, 0.5) is 0 Å². The molecule has 0 unspecified atom stereocenters. The number of halogens is 1. The summed E-state index contributed by atoms with van der Waals surface area (Å²) in [7, 11) is 3.62. The minimum Gasteiger partial charge on any atom is -0.492 e. The molecule has 1 rings (SSSR count). The van der Waals surface area contributed by atoms with E-state index in [1.807, 2.05) is 20.0 Å². The standard InChI is InChI=1S/C16H24BrNO2/c1-6-20-15-9-12(8-14(17)16(15)19-5)7-13(10-18-4)11(2)3/h7-9,11,18H,6,10H2,1-5H3. The van der Waals surface area contributed by atoms with Gasteiger partial charge < -0.3 is 14.8 Å². The maximum Gasteiger partial charge on any atom is 0.174 e. The van der Waals surface area contributed by atoms with E-state index in [-0.39, 0.29) is 0 Å². The summed E-state index contributed by atoms with van der Waals surface area (Å²) < 4.78 is 11.9. The molecule has 1 aromatic rings. The van der Waals surface area contributed by atoms with E-state index in [9.17, 15) is 0 Å². The second-order valence-electron chi connectivity index (χ2n) is 4.87. The molecule has 1 N–H and O–H groups in total. The van der Waals surface area contributed by atoms with Gasteiger partial charge in [-0.3, -0.25) is 0 Å². The topological polar surface area (TPSA) is 30.5 Å². The Bertz CT molecular complexity index is 470. The molecule has 0 saturated heterocycles. The van der Waals surface area contributed by atoms with Gasteiger partial charge in [0, 0.05) is 6.54 Å². The van der Waals surface area contributed by atoms with Crippen LogP contribution in [0, 0.1) is 5.92 Å². The van der Waals surface area contributed by atoms with Gasteiger partial charge in [0.15, 0.2) is 11.5 Å². The van der Waals surface area contributed by atoms with Crippen LogP contribution < -0.4 is 14.8 Å². The first-order valence-electron chi connectivity index (χ1n) is 6.88. The predicted molar refractivity (Wildman–Crippen MR) is 88.6 cm³/mol. The van der Waals surface area contributed by atoms with Crippen molar-refractivity contribution in [1.82, 2.24) is 5.32 Å². The van der Waals surface area contributed by atoms with Crippen molar-refractivity contribution in [2.45, 2.75) is 20.8 Å². The molecule has 0 amide bonds. The van der Waals surface area contributed by atoms with E-state index in [0.717, 1.165) is 28.1 Å². The highest BCUT2D eigenvalue weighted by molar-refractivity contribution is 9.10. The highest BCUT2D eigenvalue weighted by Crippen LogP contribution is 2.37. The minimum atomic E-state index is 0.499. The first-order valence-corrected chi connectivity index (χ1v) is 7.68. The van der Waals surface area contributed by atoms with E-state index >= 15 is 0 Å². The molecule has 0 bridgehead atoms. The van der Waals surface area contributed by atoms with Crippen molar-refractivity contribution < 1.29 is 9.47 Å². The molecule has 0 heterocycles. The van der Waals surface area contributed by atoms with E-state index in [1.54, 1.807) is 7.11 Å². The Morgan fingerprint density at radius 3 is 2.60 bits per heavy atom. The highest BCUT2D eigenvalue weighted by Gasteiger charge is 2.11. The Labute approximate surface area is 130 Å². The van der Waals surface area contributed by atoms with Gasteiger partial charge in [-0.05, 0) is 53.5 Å². The summed E-state index contributed by atoms with van der Waals surface area (Å²) in [5.74, 6) is 2.01. The highest BCUT2D eigenvalue weighted by atomic mass is 79.9. The van der Waals surface area contributed by atoms with E-state index in [1.165, 1.54) is 5.57 Å². The molecule has 0 saturated carbocycles. The molecule has 0 atom stereocenters. The van der Waals surface area contributed by atoms with E-state index < -0.39 is 0 Å². The number of methoxy groups -OCH3 is 1. The minimum absolute atomic E-state index is 0.499. The average molecular weight is 342 g/mol. The zero-order chi connectivity index (χ0) is 15.1. The number of nitrogens with one attached hydrogen (secondary N) is 1. The van der Waals surface area contributed by atoms with Gasteiger partial charge in [0.05, 0.1) is 18.2 Å². The van der Waals surface area contributed by atoms with Crippen LogP contribution in [0.5, 0.6) is 11.5 Å².